The molecule has 166 valence electrons. The second-order valence-corrected chi connectivity index (χ2v) is 9.79. The summed E-state index contributed by atoms with van der Waals surface area (Å²) in [6.07, 6.45) is 5.67. The zero-order chi connectivity index (χ0) is 21.9. The number of likely N-dealkylation sites (tertiary alicyclic amines) is 1. The summed E-state index contributed by atoms with van der Waals surface area (Å²) in [4.78, 5) is 7.12. The van der Waals surface area contributed by atoms with Crippen molar-refractivity contribution in [2.75, 3.05) is 19.6 Å². The van der Waals surface area contributed by atoms with Gasteiger partial charge in [0.15, 0.2) is 0 Å². The molecule has 4 aromatic rings. The summed E-state index contributed by atoms with van der Waals surface area (Å²) in [6, 6.07) is 13.6. The molecule has 6 heteroatoms. The predicted molar refractivity (Wildman–Crippen MR) is 128 cm³/mol. The Morgan fingerprint density at radius 1 is 1.09 bits per heavy atom. The van der Waals surface area contributed by atoms with Crippen molar-refractivity contribution in [2.45, 2.75) is 44.9 Å². The molecule has 3 heterocycles. The number of piperidine rings is 1. The van der Waals surface area contributed by atoms with Crippen LogP contribution in [0.4, 0.5) is 4.39 Å². The van der Waals surface area contributed by atoms with Gasteiger partial charge in [0.25, 0.3) is 0 Å². The van der Waals surface area contributed by atoms with Gasteiger partial charge < -0.3 is 9.42 Å². The normalized spacial score (nSPS) is 15.6. The molecule has 4 nitrogen and oxygen atoms in total. The third-order valence-corrected chi connectivity index (χ3v) is 7.26. The fraction of sp³-hybridized carbons (Fsp3) is 0.385. The van der Waals surface area contributed by atoms with Gasteiger partial charge in [-0.1, -0.05) is 29.4 Å². The Balaban J connectivity index is 1.06. The summed E-state index contributed by atoms with van der Waals surface area (Å²) in [5.41, 5.74) is 4.30. The van der Waals surface area contributed by atoms with E-state index in [-0.39, 0.29) is 5.82 Å². The molecule has 1 aliphatic rings. The van der Waals surface area contributed by atoms with Gasteiger partial charge in [0.1, 0.15) is 17.1 Å². The number of rotatable bonds is 7. The van der Waals surface area contributed by atoms with Gasteiger partial charge in [-0.15, -0.1) is 11.3 Å². The molecular formula is C26H28FN3OS. The fourth-order valence-electron chi connectivity index (χ4n) is 4.65. The molecule has 0 aliphatic carbocycles. The van der Waals surface area contributed by atoms with Gasteiger partial charge in [0.05, 0.1) is 10.7 Å². The van der Waals surface area contributed by atoms with Crippen molar-refractivity contribution < 1.29 is 8.91 Å². The highest BCUT2D eigenvalue weighted by atomic mass is 32.1. The lowest BCUT2D eigenvalue weighted by Crippen LogP contribution is -2.33. The van der Waals surface area contributed by atoms with Crippen LogP contribution in [0.5, 0.6) is 0 Å². The van der Waals surface area contributed by atoms with E-state index in [4.69, 9.17) is 4.52 Å². The average molecular weight is 450 g/mol. The number of nitrogens with zero attached hydrogens (tertiary/aromatic N) is 3. The third kappa shape index (κ3) is 4.76. The molecule has 32 heavy (non-hydrogen) atoms. The van der Waals surface area contributed by atoms with Crippen molar-refractivity contribution in [1.82, 2.24) is 15.0 Å². The highest BCUT2D eigenvalue weighted by Crippen LogP contribution is 2.33. The number of halogens is 1. The van der Waals surface area contributed by atoms with Crippen molar-refractivity contribution in [2.24, 2.45) is 0 Å². The molecule has 0 amide bonds. The number of benzene rings is 2. The third-order valence-electron chi connectivity index (χ3n) is 6.48. The van der Waals surface area contributed by atoms with Gasteiger partial charge in [-0.05, 0) is 76.4 Å². The van der Waals surface area contributed by atoms with Gasteiger partial charge in [0, 0.05) is 28.3 Å². The number of thiazole rings is 1. The van der Waals surface area contributed by atoms with Crippen LogP contribution in [0.1, 0.15) is 47.9 Å². The molecule has 0 spiro atoms. The van der Waals surface area contributed by atoms with Crippen molar-refractivity contribution in [1.29, 1.82) is 0 Å². The van der Waals surface area contributed by atoms with E-state index in [0.29, 0.717) is 11.4 Å². The molecule has 0 unspecified atom stereocenters. The Kier molecular flexibility index (Phi) is 6.32. The number of hydrogen-bond donors (Lipinski definition) is 0. The maximum absolute atomic E-state index is 13.4. The van der Waals surface area contributed by atoms with Crippen LogP contribution >= 0.6 is 11.3 Å². The van der Waals surface area contributed by atoms with Crippen molar-refractivity contribution in [3.8, 4) is 11.3 Å². The van der Waals surface area contributed by atoms with Crippen LogP contribution in [-0.4, -0.2) is 34.7 Å². The number of hydrogen-bond acceptors (Lipinski definition) is 5. The van der Waals surface area contributed by atoms with Crippen LogP contribution in [0.25, 0.3) is 22.2 Å². The van der Waals surface area contributed by atoms with Crippen molar-refractivity contribution in [3.05, 3.63) is 70.0 Å². The minimum atomic E-state index is -0.266. The Hall–Kier alpha value is -2.57. The highest BCUT2D eigenvalue weighted by molar-refractivity contribution is 7.09. The van der Waals surface area contributed by atoms with E-state index in [1.54, 1.807) is 17.4 Å². The average Bonchev–Trinajstić information content (AvgIpc) is 3.43. The largest absolute Gasteiger partial charge is 0.360 e. The standard InChI is InChI=1S/C26H28FN3OS/c1-18-28-25(17-32-18)20-7-5-19(6-8-20)4-2-3-13-30-14-11-21(12-15-30)26-23-10-9-22(27)16-24(23)29-31-26/h5-10,16-17,21H,2-4,11-15H2,1H3. The van der Waals surface area contributed by atoms with E-state index in [1.807, 2.05) is 6.92 Å². The predicted octanol–water partition coefficient (Wildman–Crippen LogP) is 6.60. The molecule has 2 aromatic carbocycles. The lowest BCUT2D eigenvalue weighted by molar-refractivity contribution is 0.195. The lowest BCUT2D eigenvalue weighted by atomic mass is 9.92. The second-order valence-electron chi connectivity index (χ2n) is 8.73. The SMILES string of the molecule is Cc1nc(-c2ccc(CCCCN3CCC(c4onc5cc(F)ccc45)CC3)cc2)cs1. The molecule has 0 atom stereocenters. The molecule has 0 saturated carbocycles. The van der Waals surface area contributed by atoms with E-state index in [2.05, 4.69) is 44.7 Å². The highest BCUT2D eigenvalue weighted by Gasteiger charge is 2.25. The topological polar surface area (TPSA) is 42.2 Å². The summed E-state index contributed by atoms with van der Waals surface area (Å²) in [7, 11) is 0. The second kappa shape index (κ2) is 9.51. The van der Waals surface area contributed by atoms with Gasteiger partial charge in [-0.3, -0.25) is 0 Å². The molecule has 0 N–H and O–H groups in total. The van der Waals surface area contributed by atoms with Crippen LogP contribution in [0.15, 0.2) is 52.4 Å². The summed E-state index contributed by atoms with van der Waals surface area (Å²) in [5, 5.41) is 8.25. The number of fused-ring (bicyclic) bond motifs is 1. The van der Waals surface area contributed by atoms with E-state index < -0.39 is 0 Å². The molecule has 0 bridgehead atoms. The molecule has 1 aliphatic heterocycles. The van der Waals surface area contributed by atoms with Crippen LogP contribution in [0.2, 0.25) is 0 Å². The smallest absolute Gasteiger partial charge is 0.147 e. The van der Waals surface area contributed by atoms with Crippen LogP contribution < -0.4 is 0 Å². The van der Waals surface area contributed by atoms with Crippen LogP contribution in [-0.2, 0) is 6.42 Å². The summed E-state index contributed by atoms with van der Waals surface area (Å²) in [6.45, 7) is 5.35. The van der Waals surface area contributed by atoms with Crippen LogP contribution in [0, 0.1) is 12.7 Å². The number of aryl methyl sites for hydroxylation is 2. The molecular weight excluding hydrogens is 421 g/mol. The first-order chi connectivity index (χ1) is 15.7. The fourth-order valence-corrected chi connectivity index (χ4v) is 5.27. The van der Waals surface area contributed by atoms with Crippen molar-refractivity contribution in [3.63, 3.8) is 0 Å². The lowest BCUT2D eigenvalue weighted by Gasteiger charge is -2.30. The van der Waals surface area contributed by atoms with E-state index in [9.17, 15) is 4.39 Å². The minimum absolute atomic E-state index is 0.266. The molecule has 5 rings (SSSR count). The van der Waals surface area contributed by atoms with Gasteiger partial charge >= 0.3 is 0 Å². The van der Waals surface area contributed by atoms with E-state index in [0.717, 1.165) is 60.7 Å². The number of unbranched alkanes of at least 4 members (excludes halogenated alkanes) is 1. The van der Waals surface area contributed by atoms with Crippen molar-refractivity contribution >= 4 is 22.2 Å². The Morgan fingerprint density at radius 2 is 1.91 bits per heavy atom. The Bertz CT molecular complexity index is 1180. The Labute approximate surface area is 192 Å². The summed E-state index contributed by atoms with van der Waals surface area (Å²) < 4.78 is 19.0. The number of aromatic nitrogens is 2. The zero-order valence-electron chi connectivity index (χ0n) is 18.4. The van der Waals surface area contributed by atoms with E-state index >= 15 is 0 Å². The molecule has 0 radical (unpaired) electrons. The molecule has 2 aromatic heterocycles. The van der Waals surface area contributed by atoms with Gasteiger partial charge in [-0.2, -0.15) is 0 Å². The molecule has 1 saturated heterocycles. The first-order valence-corrected chi connectivity index (χ1v) is 12.3. The minimum Gasteiger partial charge on any atom is -0.360 e. The Morgan fingerprint density at radius 3 is 2.66 bits per heavy atom. The monoisotopic (exact) mass is 449 g/mol. The van der Waals surface area contributed by atoms with Gasteiger partial charge in [0.2, 0.25) is 0 Å². The quantitative estimate of drug-likeness (QED) is 0.298. The van der Waals surface area contributed by atoms with Crippen LogP contribution in [0.3, 0.4) is 0 Å². The first kappa shape index (κ1) is 21.3. The molecule has 1 fully saturated rings. The first-order valence-electron chi connectivity index (χ1n) is 11.4. The summed E-state index contributed by atoms with van der Waals surface area (Å²) >= 11 is 1.70. The van der Waals surface area contributed by atoms with Gasteiger partial charge in [-0.25, -0.2) is 9.37 Å². The maximum Gasteiger partial charge on any atom is 0.147 e. The summed E-state index contributed by atoms with van der Waals surface area (Å²) in [5.74, 6) is 1.04. The zero-order valence-corrected chi connectivity index (χ0v) is 19.2. The van der Waals surface area contributed by atoms with E-state index in [1.165, 1.54) is 36.1 Å². The maximum atomic E-state index is 13.4.